The van der Waals surface area contributed by atoms with E-state index in [1.165, 1.54) is 7.11 Å². The van der Waals surface area contributed by atoms with Crippen molar-refractivity contribution in [2.24, 2.45) is 5.73 Å². The summed E-state index contributed by atoms with van der Waals surface area (Å²) in [6.45, 7) is 0.751. The number of hydrogen-bond donors (Lipinski definition) is 3. The summed E-state index contributed by atoms with van der Waals surface area (Å²) < 4.78 is 5.13. The lowest BCUT2D eigenvalue weighted by Gasteiger charge is -2.10. The number of methoxy groups -OCH3 is 1. The first-order chi connectivity index (χ1) is 10.1. The molecule has 0 atom stereocenters. The molecule has 2 amide bonds. The van der Waals surface area contributed by atoms with E-state index in [9.17, 15) is 9.59 Å². The number of ether oxygens (including phenoxy) is 1. The zero-order valence-electron chi connectivity index (χ0n) is 12.4. The van der Waals surface area contributed by atoms with Crippen LogP contribution in [0.25, 0.3) is 0 Å². The highest BCUT2D eigenvalue weighted by molar-refractivity contribution is 6.31. The van der Waals surface area contributed by atoms with Crippen LogP contribution in [0.4, 0.5) is 5.69 Å². The lowest BCUT2D eigenvalue weighted by molar-refractivity contribution is -0.121. The first-order valence-electron chi connectivity index (χ1n) is 6.67. The Balaban J connectivity index is 0.00000441. The van der Waals surface area contributed by atoms with Crippen molar-refractivity contribution in [3.8, 4) is 5.75 Å². The second-order valence-electron chi connectivity index (χ2n) is 4.38. The number of nitrogens with one attached hydrogen (secondary N) is 2. The Morgan fingerprint density at radius 2 is 2.00 bits per heavy atom. The minimum atomic E-state index is -0.227. The first kappa shape index (κ1) is 20.5. The molecule has 0 saturated carbocycles. The van der Waals surface area contributed by atoms with E-state index in [0.717, 1.165) is 0 Å². The summed E-state index contributed by atoms with van der Waals surface area (Å²) in [4.78, 5) is 23.2. The van der Waals surface area contributed by atoms with E-state index in [4.69, 9.17) is 22.1 Å². The van der Waals surface area contributed by atoms with Crippen molar-refractivity contribution in [1.29, 1.82) is 0 Å². The number of rotatable bonds is 8. The lowest BCUT2D eigenvalue weighted by Crippen LogP contribution is -2.27. The first-order valence-corrected chi connectivity index (χ1v) is 7.04. The van der Waals surface area contributed by atoms with E-state index in [-0.39, 0.29) is 37.2 Å². The molecule has 22 heavy (non-hydrogen) atoms. The lowest BCUT2D eigenvalue weighted by atomic mass is 10.2. The Kier molecular flexibility index (Phi) is 10.4. The van der Waals surface area contributed by atoms with Crippen LogP contribution < -0.4 is 21.1 Å². The van der Waals surface area contributed by atoms with Gasteiger partial charge in [-0.3, -0.25) is 9.59 Å². The average molecular weight is 350 g/mol. The molecule has 0 bridgehead atoms. The topological polar surface area (TPSA) is 93.5 Å². The Morgan fingerprint density at radius 3 is 2.64 bits per heavy atom. The Hall–Kier alpha value is -1.50. The second-order valence-corrected chi connectivity index (χ2v) is 4.82. The largest absolute Gasteiger partial charge is 0.495 e. The minimum Gasteiger partial charge on any atom is -0.495 e. The number of nitrogens with two attached hydrogens (primary N) is 1. The van der Waals surface area contributed by atoms with Crippen molar-refractivity contribution in [2.45, 2.75) is 19.3 Å². The van der Waals surface area contributed by atoms with Crippen molar-refractivity contribution in [1.82, 2.24) is 5.32 Å². The van der Waals surface area contributed by atoms with E-state index in [0.29, 0.717) is 35.8 Å². The molecule has 8 heteroatoms. The molecule has 1 aromatic rings. The van der Waals surface area contributed by atoms with Gasteiger partial charge in [-0.05, 0) is 31.2 Å². The average Bonchev–Trinajstić information content (AvgIpc) is 2.45. The molecule has 1 rings (SSSR count). The Labute approximate surface area is 141 Å². The van der Waals surface area contributed by atoms with E-state index >= 15 is 0 Å². The highest BCUT2D eigenvalue weighted by Crippen LogP contribution is 2.27. The molecular weight excluding hydrogens is 329 g/mol. The van der Waals surface area contributed by atoms with Crippen LogP contribution in [0, 0.1) is 0 Å². The number of hydrogen-bond acceptors (Lipinski definition) is 4. The van der Waals surface area contributed by atoms with Gasteiger partial charge >= 0.3 is 0 Å². The Bertz CT molecular complexity index is 498. The molecule has 6 nitrogen and oxygen atoms in total. The third-order valence-electron chi connectivity index (χ3n) is 2.72. The molecular formula is C14H21Cl2N3O3. The van der Waals surface area contributed by atoms with Gasteiger partial charge in [0.15, 0.2) is 0 Å². The summed E-state index contributed by atoms with van der Waals surface area (Å²) in [7, 11) is 1.51. The van der Waals surface area contributed by atoms with Gasteiger partial charge in [0.1, 0.15) is 5.75 Å². The van der Waals surface area contributed by atoms with Crippen LogP contribution in [-0.4, -0.2) is 32.0 Å². The van der Waals surface area contributed by atoms with Crippen LogP contribution >= 0.6 is 24.0 Å². The molecule has 0 radical (unpaired) electrons. The van der Waals surface area contributed by atoms with Gasteiger partial charge in [-0.15, -0.1) is 12.4 Å². The van der Waals surface area contributed by atoms with Gasteiger partial charge in [0.25, 0.3) is 0 Å². The SMILES string of the molecule is COc1ccc(Cl)cc1NC(=O)CCNC(=O)CCCN.Cl. The van der Waals surface area contributed by atoms with Crippen LogP contribution in [0.2, 0.25) is 5.02 Å². The van der Waals surface area contributed by atoms with Gasteiger partial charge in [-0.25, -0.2) is 0 Å². The van der Waals surface area contributed by atoms with Crippen LogP contribution in [-0.2, 0) is 9.59 Å². The zero-order valence-corrected chi connectivity index (χ0v) is 13.9. The third-order valence-corrected chi connectivity index (χ3v) is 2.95. The quantitative estimate of drug-likeness (QED) is 0.668. The number of carbonyl (C=O) groups excluding carboxylic acids is 2. The van der Waals surface area contributed by atoms with Crippen molar-refractivity contribution in [2.75, 3.05) is 25.5 Å². The fraction of sp³-hybridized carbons (Fsp3) is 0.429. The maximum absolute atomic E-state index is 11.8. The molecule has 0 aliphatic carbocycles. The van der Waals surface area contributed by atoms with Gasteiger partial charge in [0.2, 0.25) is 11.8 Å². The summed E-state index contributed by atoms with van der Waals surface area (Å²) in [5.41, 5.74) is 5.82. The number of anilines is 1. The molecule has 0 aliphatic heterocycles. The predicted octanol–water partition coefficient (Wildman–Crippen LogP) is 1.95. The number of halogens is 2. The third kappa shape index (κ3) is 7.49. The molecule has 0 unspecified atom stereocenters. The molecule has 0 saturated heterocycles. The monoisotopic (exact) mass is 349 g/mol. The summed E-state index contributed by atoms with van der Waals surface area (Å²) >= 11 is 5.88. The maximum atomic E-state index is 11.8. The normalized spacial score (nSPS) is 9.59. The summed E-state index contributed by atoms with van der Waals surface area (Å²) in [6, 6.07) is 4.96. The van der Waals surface area contributed by atoms with Crippen LogP contribution in [0.1, 0.15) is 19.3 Å². The number of carbonyl (C=O) groups is 2. The summed E-state index contributed by atoms with van der Waals surface area (Å²) in [5, 5.41) is 5.86. The number of benzene rings is 1. The van der Waals surface area contributed by atoms with Crippen LogP contribution in [0.5, 0.6) is 5.75 Å². The van der Waals surface area contributed by atoms with Crippen LogP contribution in [0.3, 0.4) is 0 Å². The van der Waals surface area contributed by atoms with Crippen molar-refractivity contribution in [3.05, 3.63) is 23.2 Å². The molecule has 1 aromatic carbocycles. The maximum Gasteiger partial charge on any atom is 0.226 e. The standard InChI is InChI=1S/C14H20ClN3O3.ClH/c1-21-12-5-4-10(15)9-11(12)18-14(20)6-8-17-13(19)3-2-7-16;/h4-5,9H,2-3,6-8,16H2,1H3,(H,17,19)(H,18,20);1H. The van der Waals surface area contributed by atoms with Gasteiger partial charge < -0.3 is 21.1 Å². The molecule has 0 aromatic heterocycles. The van der Waals surface area contributed by atoms with Crippen molar-refractivity contribution in [3.63, 3.8) is 0 Å². The van der Waals surface area contributed by atoms with Gasteiger partial charge in [-0.2, -0.15) is 0 Å². The molecule has 124 valence electrons. The fourth-order valence-corrected chi connectivity index (χ4v) is 1.83. The van der Waals surface area contributed by atoms with E-state index in [1.807, 2.05) is 0 Å². The molecule has 0 spiro atoms. The zero-order chi connectivity index (χ0) is 15.7. The van der Waals surface area contributed by atoms with Crippen molar-refractivity contribution < 1.29 is 14.3 Å². The molecule has 4 N–H and O–H groups in total. The van der Waals surface area contributed by atoms with Crippen LogP contribution in [0.15, 0.2) is 18.2 Å². The fourth-order valence-electron chi connectivity index (χ4n) is 1.66. The molecule has 0 aliphatic rings. The van der Waals surface area contributed by atoms with Gasteiger partial charge in [0, 0.05) is 24.4 Å². The van der Waals surface area contributed by atoms with E-state index in [2.05, 4.69) is 10.6 Å². The Morgan fingerprint density at radius 1 is 1.27 bits per heavy atom. The smallest absolute Gasteiger partial charge is 0.226 e. The highest BCUT2D eigenvalue weighted by Gasteiger charge is 2.09. The van der Waals surface area contributed by atoms with Crippen molar-refractivity contribution >= 4 is 41.5 Å². The number of amides is 2. The van der Waals surface area contributed by atoms with Gasteiger partial charge in [-0.1, -0.05) is 11.6 Å². The second kappa shape index (κ2) is 11.1. The summed E-state index contributed by atoms with van der Waals surface area (Å²) in [5.74, 6) is 0.197. The summed E-state index contributed by atoms with van der Waals surface area (Å²) in [6.07, 6.45) is 1.18. The minimum absolute atomic E-state index is 0. The van der Waals surface area contributed by atoms with E-state index < -0.39 is 0 Å². The molecule has 0 fully saturated rings. The van der Waals surface area contributed by atoms with E-state index in [1.54, 1.807) is 18.2 Å². The van der Waals surface area contributed by atoms with Gasteiger partial charge in [0.05, 0.1) is 12.8 Å². The predicted molar refractivity (Wildman–Crippen MR) is 89.8 cm³/mol. The molecule has 0 heterocycles. The highest BCUT2D eigenvalue weighted by atomic mass is 35.5.